The number of pyridine rings is 1. The second-order valence-electron chi connectivity index (χ2n) is 4.88. The molecule has 0 saturated heterocycles. The largest absolute Gasteiger partial charge is 0.487 e. The molecule has 0 amide bonds. The molecule has 3 aromatic rings. The summed E-state index contributed by atoms with van der Waals surface area (Å²) >= 11 is 0. The molecule has 96 valence electrons. The molecule has 0 N–H and O–H groups in total. The van der Waals surface area contributed by atoms with Gasteiger partial charge < -0.3 is 4.74 Å². The number of hydrogen-bond acceptors (Lipinski definition) is 2. The molecule has 1 aliphatic rings. The van der Waals surface area contributed by atoms with Gasteiger partial charge in [0.2, 0.25) is 0 Å². The van der Waals surface area contributed by atoms with Crippen LogP contribution in [0.4, 0.5) is 0 Å². The molecule has 1 aliphatic heterocycles. The van der Waals surface area contributed by atoms with Crippen LogP contribution in [0.1, 0.15) is 5.56 Å². The fourth-order valence-corrected chi connectivity index (χ4v) is 2.58. The van der Waals surface area contributed by atoms with E-state index in [9.17, 15) is 0 Å². The molecule has 20 heavy (non-hydrogen) atoms. The molecule has 1 aromatic heterocycles. The summed E-state index contributed by atoms with van der Waals surface area (Å²) in [6.07, 6.45) is 1.92. The topological polar surface area (TPSA) is 22.1 Å². The van der Waals surface area contributed by atoms with Crippen LogP contribution in [-0.2, 0) is 6.61 Å². The Kier molecular flexibility index (Phi) is 2.52. The van der Waals surface area contributed by atoms with E-state index >= 15 is 0 Å². The van der Waals surface area contributed by atoms with Crippen LogP contribution in [0.15, 0.2) is 66.9 Å². The molecule has 0 spiro atoms. The van der Waals surface area contributed by atoms with Crippen LogP contribution >= 0.6 is 0 Å². The highest BCUT2D eigenvalue weighted by Gasteiger charge is 2.18. The minimum absolute atomic E-state index is 0.614. The van der Waals surface area contributed by atoms with Crippen LogP contribution in [0.2, 0.25) is 0 Å². The first-order valence-electron chi connectivity index (χ1n) is 6.68. The SMILES string of the molecule is c1ccc(-c2cnc3c(c2)OCc2ccccc2-3)cc1. The number of rotatable bonds is 1. The zero-order valence-electron chi connectivity index (χ0n) is 10.9. The monoisotopic (exact) mass is 259 g/mol. The summed E-state index contributed by atoms with van der Waals surface area (Å²) in [5.41, 5.74) is 5.55. The van der Waals surface area contributed by atoms with E-state index in [1.165, 1.54) is 11.1 Å². The highest BCUT2D eigenvalue weighted by atomic mass is 16.5. The number of hydrogen-bond donors (Lipinski definition) is 0. The van der Waals surface area contributed by atoms with Gasteiger partial charge in [-0.25, -0.2) is 0 Å². The Hall–Kier alpha value is -2.61. The van der Waals surface area contributed by atoms with Crippen LogP contribution < -0.4 is 4.74 Å². The quantitative estimate of drug-likeness (QED) is 0.649. The average Bonchev–Trinajstić information content (AvgIpc) is 2.55. The Morgan fingerprint density at radius 1 is 0.850 bits per heavy atom. The smallest absolute Gasteiger partial charge is 0.146 e. The lowest BCUT2D eigenvalue weighted by molar-refractivity contribution is 0.301. The van der Waals surface area contributed by atoms with Crippen LogP contribution in [-0.4, -0.2) is 4.98 Å². The Morgan fingerprint density at radius 2 is 1.65 bits per heavy atom. The Bertz CT molecular complexity index is 765. The van der Waals surface area contributed by atoms with Crippen LogP contribution in [0, 0.1) is 0 Å². The molecule has 4 rings (SSSR count). The number of aromatic nitrogens is 1. The van der Waals surface area contributed by atoms with E-state index in [1.54, 1.807) is 0 Å². The van der Waals surface area contributed by atoms with Gasteiger partial charge in [-0.2, -0.15) is 0 Å². The van der Waals surface area contributed by atoms with Gasteiger partial charge in [-0.15, -0.1) is 0 Å². The van der Waals surface area contributed by atoms with Gasteiger partial charge in [0.1, 0.15) is 18.1 Å². The van der Waals surface area contributed by atoms with Crippen molar-refractivity contribution in [2.24, 2.45) is 0 Å². The molecule has 2 heteroatoms. The Balaban J connectivity index is 1.85. The summed E-state index contributed by atoms with van der Waals surface area (Å²) < 4.78 is 5.85. The maximum Gasteiger partial charge on any atom is 0.146 e. The van der Waals surface area contributed by atoms with Crippen molar-refractivity contribution in [1.29, 1.82) is 0 Å². The van der Waals surface area contributed by atoms with Crippen LogP contribution in [0.25, 0.3) is 22.4 Å². The molecule has 2 aromatic carbocycles. The maximum absolute atomic E-state index is 5.85. The van der Waals surface area contributed by atoms with E-state index in [1.807, 2.05) is 36.5 Å². The first-order valence-corrected chi connectivity index (χ1v) is 6.68. The molecule has 0 fully saturated rings. The lowest BCUT2D eigenvalue weighted by Gasteiger charge is -2.20. The summed E-state index contributed by atoms with van der Waals surface area (Å²) in [7, 11) is 0. The lowest BCUT2D eigenvalue weighted by Crippen LogP contribution is -2.06. The zero-order valence-corrected chi connectivity index (χ0v) is 10.9. The first-order chi connectivity index (χ1) is 9.92. The second kappa shape index (κ2) is 4.49. The fourth-order valence-electron chi connectivity index (χ4n) is 2.58. The average molecular weight is 259 g/mol. The summed E-state index contributed by atoms with van der Waals surface area (Å²) in [6, 6.07) is 20.6. The van der Waals surface area contributed by atoms with Crippen molar-refractivity contribution in [2.75, 3.05) is 0 Å². The van der Waals surface area contributed by atoms with Gasteiger partial charge in [0.05, 0.1) is 0 Å². The van der Waals surface area contributed by atoms with Crippen molar-refractivity contribution < 1.29 is 4.74 Å². The molecule has 2 heterocycles. The predicted octanol–water partition coefficient (Wildman–Crippen LogP) is 4.31. The van der Waals surface area contributed by atoms with Crippen molar-refractivity contribution in [3.8, 4) is 28.1 Å². The van der Waals surface area contributed by atoms with Gasteiger partial charge in [0.15, 0.2) is 0 Å². The molecule has 0 saturated carbocycles. The van der Waals surface area contributed by atoms with Gasteiger partial charge in [-0.3, -0.25) is 4.98 Å². The van der Waals surface area contributed by atoms with E-state index in [2.05, 4.69) is 35.3 Å². The van der Waals surface area contributed by atoms with Gasteiger partial charge >= 0.3 is 0 Å². The number of fused-ring (bicyclic) bond motifs is 3. The van der Waals surface area contributed by atoms with Gasteiger partial charge in [-0.1, -0.05) is 54.6 Å². The van der Waals surface area contributed by atoms with Crippen LogP contribution in [0.3, 0.4) is 0 Å². The maximum atomic E-state index is 5.85. The number of benzene rings is 2. The van der Waals surface area contributed by atoms with Crippen molar-refractivity contribution in [3.63, 3.8) is 0 Å². The van der Waals surface area contributed by atoms with Gasteiger partial charge in [-0.05, 0) is 17.2 Å². The highest BCUT2D eigenvalue weighted by molar-refractivity contribution is 5.75. The summed E-state index contributed by atoms with van der Waals surface area (Å²) in [4.78, 5) is 4.61. The third-order valence-corrected chi connectivity index (χ3v) is 3.62. The van der Waals surface area contributed by atoms with E-state index in [0.29, 0.717) is 6.61 Å². The molecule has 0 unspecified atom stereocenters. The molecule has 0 radical (unpaired) electrons. The third-order valence-electron chi connectivity index (χ3n) is 3.62. The van der Waals surface area contributed by atoms with E-state index < -0.39 is 0 Å². The van der Waals surface area contributed by atoms with E-state index in [-0.39, 0.29) is 0 Å². The lowest BCUT2D eigenvalue weighted by atomic mass is 10.00. The normalized spacial score (nSPS) is 12.2. The summed E-state index contributed by atoms with van der Waals surface area (Å²) in [5.74, 6) is 0.866. The molecule has 0 aliphatic carbocycles. The summed E-state index contributed by atoms with van der Waals surface area (Å²) in [5, 5.41) is 0. The molecule has 0 atom stereocenters. The number of nitrogens with zero attached hydrogens (tertiary/aromatic N) is 1. The first kappa shape index (κ1) is 11.2. The second-order valence-corrected chi connectivity index (χ2v) is 4.88. The predicted molar refractivity (Wildman–Crippen MR) is 79.4 cm³/mol. The summed E-state index contributed by atoms with van der Waals surface area (Å²) in [6.45, 7) is 0.614. The van der Waals surface area contributed by atoms with Crippen molar-refractivity contribution >= 4 is 0 Å². The van der Waals surface area contributed by atoms with E-state index in [0.717, 1.165) is 22.6 Å². The van der Waals surface area contributed by atoms with Crippen molar-refractivity contribution in [1.82, 2.24) is 4.98 Å². The van der Waals surface area contributed by atoms with Gasteiger partial charge in [0.25, 0.3) is 0 Å². The van der Waals surface area contributed by atoms with Crippen molar-refractivity contribution in [2.45, 2.75) is 6.61 Å². The van der Waals surface area contributed by atoms with E-state index in [4.69, 9.17) is 4.74 Å². The minimum atomic E-state index is 0.614. The fraction of sp³-hybridized carbons (Fsp3) is 0.0556. The Labute approximate surface area is 117 Å². The highest BCUT2D eigenvalue weighted by Crippen LogP contribution is 2.37. The third kappa shape index (κ3) is 1.77. The zero-order chi connectivity index (χ0) is 13.4. The van der Waals surface area contributed by atoms with Gasteiger partial charge in [0, 0.05) is 17.3 Å². The molecule has 2 nitrogen and oxygen atoms in total. The standard InChI is InChI=1S/C18H13NO/c1-2-6-13(7-3-1)15-10-17-18(19-11-15)16-9-5-4-8-14(16)12-20-17/h1-11H,12H2. The number of ether oxygens (including phenoxy) is 1. The molecular formula is C18H13NO. The van der Waals surface area contributed by atoms with Crippen molar-refractivity contribution in [3.05, 3.63) is 72.4 Å². The minimum Gasteiger partial charge on any atom is -0.487 e. The van der Waals surface area contributed by atoms with Crippen LogP contribution in [0.5, 0.6) is 5.75 Å². The molecular weight excluding hydrogens is 246 g/mol. The molecule has 0 bridgehead atoms. The Morgan fingerprint density at radius 3 is 2.55 bits per heavy atom.